The van der Waals surface area contributed by atoms with Gasteiger partial charge in [-0.05, 0) is 55.4 Å². The summed E-state index contributed by atoms with van der Waals surface area (Å²) in [6, 6.07) is 5.34. The van der Waals surface area contributed by atoms with Crippen molar-refractivity contribution in [2.24, 2.45) is 5.92 Å². The van der Waals surface area contributed by atoms with Gasteiger partial charge in [0.15, 0.2) is 0 Å². The minimum atomic E-state index is -4.32. The van der Waals surface area contributed by atoms with Crippen LogP contribution in [0.25, 0.3) is 0 Å². The zero-order valence-corrected chi connectivity index (χ0v) is 15.8. The van der Waals surface area contributed by atoms with Crippen LogP contribution in [0.4, 0.5) is 13.2 Å². The van der Waals surface area contributed by atoms with Gasteiger partial charge in [-0.15, -0.1) is 0 Å². The second-order valence-electron chi connectivity index (χ2n) is 7.55. The van der Waals surface area contributed by atoms with Crippen LogP contribution in [0.3, 0.4) is 0 Å². The molecule has 1 aromatic rings. The molecule has 0 saturated carbocycles. The number of hydrogen-bond acceptors (Lipinski definition) is 2. The third-order valence-corrected chi connectivity index (χ3v) is 5.77. The van der Waals surface area contributed by atoms with Crippen molar-refractivity contribution in [3.8, 4) is 0 Å². The van der Waals surface area contributed by atoms with E-state index in [4.69, 9.17) is 0 Å². The summed E-state index contributed by atoms with van der Waals surface area (Å²) < 4.78 is 38.1. The van der Waals surface area contributed by atoms with Crippen LogP contribution in [0.1, 0.15) is 42.7 Å². The van der Waals surface area contributed by atoms with E-state index in [1.807, 2.05) is 4.90 Å². The molecule has 7 heteroatoms. The monoisotopic (exact) mass is 394 g/mol. The van der Waals surface area contributed by atoms with Gasteiger partial charge in [-0.2, -0.15) is 13.2 Å². The Balaban J connectivity index is 1.55. The number of halogens is 3. The topological polar surface area (TPSA) is 40.6 Å². The molecule has 0 bridgehead atoms. The second kappa shape index (κ2) is 8.37. The van der Waals surface area contributed by atoms with Crippen molar-refractivity contribution >= 4 is 11.8 Å². The Morgan fingerprint density at radius 1 is 1.00 bits per heavy atom. The van der Waals surface area contributed by atoms with E-state index in [2.05, 4.69) is 6.58 Å². The Morgan fingerprint density at radius 3 is 2.21 bits per heavy atom. The predicted molar refractivity (Wildman–Crippen MR) is 99.5 cm³/mol. The molecular formula is C21H25F3N2O2. The van der Waals surface area contributed by atoms with Crippen molar-refractivity contribution in [3.05, 3.63) is 48.0 Å². The van der Waals surface area contributed by atoms with Gasteiger partial charge in [-0.25, -0.2) is 0 Å². The first-order valence-electron chi connectivity index (χ1n) is 9.67. The summed E-state index contributed by atoms with van der Waals surface area (Å²) in [6.07, 6.45) is 0.00638. The highest BCUT2D eigenvalue weighted by Crippen LogP contribution is 2.33. The highest BCUT2D eigenvalue weighted by atomic mass is 19.4. The smallest absolute Gasteiger partial charge is 0.342 e. The lowest BCUT2D eigenvalue weighted by molar-refractivity contribution is -0.140. The van der Waals surface area contributed by atoms with Crippen molar-refractivity contribution in [2.45, 2.75) is 37.8 Å². The van der Waals surface area contributed by atoms with Gasteiger partial charge in [0, 0.05) is 26.2 Å². The third kappa shape index (κ3) is 4.56. The first kappa shape index (κ1) is 20.4. The summed E-state index contributed by atoms with van der Waals surface area (Å²) in [5.41, 5.74) is 0.250. The average molecular weight is 394 g/mol. The van der Waals surface area contributed by atoms with Gasteiger partial charge in [-0.3, -0.25) is 9.59 Å². The normalized spacial score (nSPS) is 21.5. The lowest BCUT2D eigenvalue weighted by atomic mass is 9.88. The van der Waals surface area contributed by atoms with Gasteiger partial charge < -0.3 is 9.80 Å². The highest BCUT2D eigenvalue weighted by Gasteiger charge is 2.33. The maximum Gasteiger partial charge on any atom is 0.416 e. The molecule has 1 atom stereocenters. The molecule has 3 rings (SSSR count). The Kier molecular flexibility index (Phi) is 6.10. The van der Waals surface area contributed by atoms with Gasteiger partial charge in [0.2, 0.25) is 11.8 Å². The zero-order chi connectivity index (χ0) is 20.3. The fourth-order valence-electron chi connectivity index (χ4n) is 4.14. The summed E-state index contributed by atoms with van der Waals surface area (Å²) in [6.45, 7) is 5.78. The molecule has 4 nitrogen and oxygen atoms in total. The number of rotatable bonds is 3. The molecule has 0 spiro atoms. The Bertz CT molecular complexity index is 722. The maximum absolute atomic E-state index is 12.8. The molecule has 1 aromatic carbocycles. The van der Waals surface area contributed by atoms with Crippen molar-refractivity contribution < 1.29 is 22.8 Å². The lowest BCUT2D eigenvalue weighted by Crippen LogP contribution is -2.48. The molecule has 0 aliphatic carbocycles. The van der Waals surface area contributed by atoms with Gasteiger partial charge >= 0.3 is 6.18 Å². The van der Waals surface area contributed by atoms with Crippen LogP contribution in [0.15, 0.2) is 36.9 Å². The zero-order valence-electron chi connectivity index (χ0n) is 15.8. The van der Waals surface area contributed by atoms with Crippen molar-refractivity contribution in [2.75, 3.05) is 26.2 Å². The van der Waals surface area contributed by atoms with E-state index in [0.717, 1.165) is 43.4 Å². The molecule has 28 heavy (non-hydrogen) atoms. The van der Waals surface area contributed by atoms with E-state index >= 15 is 0 Å². The second-order valence-corrected chi connectivity index (χ2v) is 7.55. The minimum Gasteiger partial charge on any atom is -0.342 e. The Morgan fingerprint density at radius 2 is 1.64 bits per heavy atom. The molecule has 2 aliphatic rings. The van der Waals surface area contributed by atoms with E-state index < -0.39 is 11.7 Å². The highest BCUT2D eigenvalue weighted by molar-refractivity contribution is 5.88. The Labute approximate surface area is 163 Å². The fraction of sp³-hybridized carbons (Fsp3) is 0.524. The van der Waals surface area contributed by atoms with Gasteiger partial charge in [0.25, 0.3) is 0 Å². The standard InChI is InChI=1S/C21H25F3N2O2/c1-2-19(27)26-11-3-4-17(14-26)20(28)25-12-9-16(10-13-25)15-5-7-18(8-6-15)21(22,23)24/h2,5-8,16-17H,1,3-4,9-14H2. The van der Waals surface area contributed by atoms with E-state index in [9.17, 15) is 22.8 Å². The fourth-order valence-corrected chi connectivity index (χ4v) is 4.14. The summed E-state index contributed by atoms with van der Waals surface area (Å²) in [5.74, 6) is -0.0808. The van der Waals surface area contributed by atoms with E-state index in [1.54, 1.807) is 17.0 Å². The summed E-state index contributed by atoms with van der Waals surface area (Å²) in [7, 11) is 0. The van der Waals surface area contributed by atoms with Gasteiger partial charge in [0.1, 0.15) is 0 Å². The molecule has 0 radical (unpaired) electrons. The van der Waals surface area contributed by atoms with Crippen molar-refractivity contribution in [1.82, 2.24) is 9.80 Å². The molecule has 152 valence electrons. The Hall–Kier alpha value is -2.31. The first-order valence-corrected chi connectivity index (χ1v) is 9.67. The minimum absolute atomic E-state index is 0.0763. The van der Waals surface area contributed by atoms with Crippen LogP contribution in [0.2, 0.25) is 0 Å². The van der Waals surface area contributed by atoms with E-state index in [1.165, 1.54) is 6.08 Å². The SMILES string of the molecule is C=CC(=O)N1CCCC(C(=O)N2CCC(c3ccc(C(F)(F)F)cc3)CC2)C1. The van der Waals surface area contributed by atoms with Crippen LogP contribution in [-0.2, 0) is 15.8 Å². The van der Waals surface area contributed by atoms with Crippen LogP contribution >= 0.6 is 0 Å². The molecule has 2 saturated heterocycles. The molecular weight excluding hydrogens is 369 g/mol. The predicted octanol–water partition coefficient (Wildman–Crippen LogP) is 3.84. The lowest BCUT2D eigenvalue weighted by Gasteiger charge is -2.37. The van der Waals surface area contributed by atoms with Crippen molar-refractivity contribution in [3.63, 3.8) is 0 Å². The first-order chi connectivity index (χ1) is 13.3. The van der Waals surface area contributed by atoms with Crippen LogP contribution in [0, 0.1) is 5.92 Å². The van der Waals surface area contributed by atoms with E-state index in [-0.39, 0.29) is 23.7 Å². The number of amides is 2. The van der Waals surface area contributed by atoms with E-state index in [0.29, 0.717) is 26.2 Å². The quantitative estimate of drug-likeness (QED) is 0.731. The number of carbonyl (C=O) groups excluding carboxylic acids is 2. The molecule has 2 heterocycles. The largest absolute Gasteiger partial charge is 0.416 e. The molecule has 2 fully saturated rings. The molecule has 2 aliphatic heterocycles. The molecule has 2 amide bonds. The number of carbonyl (C=O) groups is 2. The number of benzene rings is 1. The number of piperidine rings is 2. The van der Waals surface area contributed by atoms with Crippen LogP contribution in [-0.4, -0.2) is 47.8 Å². The molecule has 0 aromatic heterocycles. The molecule has 0 N–H and O–H groups in total. The van der Waals surface area contributed by atoms with Gasteiger partial charge in [-0.1, -0.05) is 18.7 Å². The number of likely N-dealkylation sites (tertiary alicyclic amines) is 2. The number of hydrogen-bond donors (Lipinski definition) is 0. The average Bonchev–Trinajstić information content (AvgIpc) is 2.72. The van der Waals surface area contributed by atoms with Crippen LogP contribution < -0.4 is 0 Å². The van der Waals surface area contributed by atoms with Crippen LogP contribution in [0.5, 0.6) is 0 Å². The summed E-state index contributed by atoms with van der Waals surface area (Å²) in [4.78, 5) is 28.2. The van der Waals surface area contributed by atoms with Gasteiger partial charge in [0.05, 0.1) is 11.5 Å². The number of alkyl halides is 3. The summed E-state index contributed by atoms with van der Waals surface area (Å²) in [5, 5.41) is 0. The third-order valence-electron chi connectivity index (χ3n) is 5.77. The number of nitrogens with zero attached hydrogens (tertiary/aromatic N) is 2. The maximum atomic E-state index is 12.8. The summed E-state index contributed by atoms with van der Waals surface area (Å²) >= 11 is 0. The van der Waals surface area contributed by atoms with Crippen molar-refractivity contribution in [1.29, 1.82) is 0 Å². The molecule has 1 unspecified atom stereocenters.